The molecule has 0 unspecified atom stereocenters. The Labute approximate surface area is 131 Å². The van der Waals surface area contributed by atoms with Crippen LogP contribution in [0.3, 0.4) is 0 Å². The molecule has 0 saturated heterocycles. The van der Waals surface area contributed by atoms with Crippen molar-refractivity contribution in [2.45, 2.75) is 25.2 Å². The number of rotatable bonds is 4. The van der Waals surface area contributed by atoms with Gasteiger partial charge in [0, 0.05) is 5.56 Å². The molecule has 0 aliphatic carbocycles. The topological polar surface area (TPSA) is 49.3 Å². The third-order valence-corrected chi connectivity index (χ3v) is 3.43. The van der Waals surface area contributed by atoms with E-state index in [0.717, 1.165) is 12.1 Å². The van der Waals surface area contributed by atoms with Gasteiger partial charge < -0.3 is 10.4 Å². The van der Waals surface area contributed by atoms with E-state index in [1.165, 1.54) is 12.1 Å². The molecule has 1 amide bonds. The first-order valence-electron chi connectivity index (χ1n) is 7.00. The van der Waals surface area contributed by atoms with Crippen LogP contribution in [0.15, 0.2) is 54.6 Å². The average Bonchev–Trinajstić information content (AvgIpc) is 2.54. The number of benzene rings is 2. The molecule has 2 rings (SSSR count). The Bertz CT molecular complexity index is 671. The van der Waals surface area contributed by atoms with Crippen LogP contribution >= 0.6 is 0 Å². The lowest BCUT2D eigenvalue weighted by Crippen LogP contribution is -2.37. The summed E-state index contributed by atoms with van der Waals surface area (Å²) in [6.45, 7) is 1.59. The van der Waals surface area contributed by atoms with Crippen molar-refractivity contribution < 1.29 is 23.1 Å². The van der Waals surface area contributed by atoms with Crippen LogP contribution in [0.1, 0.15) is 34.5 Å². The highest BCUT2D eigenvalue weighted by Gasteiger charge is 2.31. The van der Waals surface area contributed by atoms with E-state index in [2.05, 4.69) is 5.32 Å². The Hall–Kier alpha value is -2.34. The van der Waals surface area contributed by atoms with Gasteiger partial charge in [0.15, 0.2) is 0 Å². The first-order chi connectivity index (χ1) is 10.8. The Morgan fingerprint density at radius 2 is 1.74 bits per heavy atom. The molecule has 0 saturated carbocycles. The number of aliphatic hydroxyl groups is 1. The maximum absolute atomic E-state index is 12.7. The van der Waals surface area contributed by atoms with Crippen molar-refractivity contribution in [3.63, 3.8) is 0 Å². The van der Waals surface area contributed by atoms with Crippen molar-refractivity contribution in [1.29, 1.82) is 0 Å². The van der Waals surface area contributed by atoms with Gasteiger partial charge in [-0.1, -0.05) is 36.4 Å². The Kier molecular flexibility index (Phi) is 5.05. The standard InChI is InChI=1S/C17H16F3NO2/c1-11(15(22)12-6-3-2-4-7-12)21-16(23)13-8-5-9-14(10-13)17(18,19)20/h2-11,15,22H,1H3,(H,21,23)/t11-,15-/m0/s1. The molecule has 0 aliphatic heterocycles. The monoisotopic (exact) mass is 323 g/mol. The van der Waals surface area contributed by atoms with Gasteiger partial charge >= 0.3 is 6.18 Å². The van der Waals surface area contributed by atoms with Crippen LogP contribution in [0.5, 0.6) is 0 Å². The largest absolute Gasteiger partial charge is 0.416 e. The van der Waals surface area contributed by atoms with Crippen LogP contribution in [0.4, 0.5) is 13.2 Å². The number of nitrogens with one attached hydrogen (secondary N) is 1. The molecule has 122 valence electrons. The van der Waals surface area contributed by atoms with E-state index in [1.54, 1.807) is 37.3 Å². The number of aliphatic hydroxyl groups excluding tert-OH is 1. The predicted octanol–water partition coefficient (Wildman–Crippen LogP) is 3.56. The Morgan fingerprint density at radius 1 is 1.09 bits per heavy atom. The average molecular weight is 323 g/mol. The van der Waals surface area contributed by atoms with E-state index in [0.29, 0.717) is 5.56 Å². The van der Waals surface area contributed by atoms with Gasteiger partial charge in [0.1, 0.15) is 0 Å². The molecule has 2 N–H and O–H groups in total. The molecule has 6 heteroatoms. The number of hydrogen-bond donors (Lipinski definition) is 2. The van der Waals surface area contributed by atoms with E-state index in [1.807, 2.05) is 0 Å². The maximum Gasteiger partial charge on any atom is 0.416 e. The van der Waals surface area contributed by atoms with E-state index >= 15 is 0 Å². The SMILES string of the molecule is C[C@H](NC(=O)c1cccc(C(F)(F)F)c1)[C@H](O)c1ccccc1. The fraction of sp³-hybridized carbons (Fsp3) is 0.235. The van der Waals surface area contributed by atoms with E-state index in [-0.39, 0.29) is 5.56 Å². The van der Waals surface area contributed by atoms with Crippen molar-refractivity contribution in [1.82, 2.24) is 5.32 Å². The minimum absolute atomic E-state index is 0.105. The van der Waals surface area contributed by atoms with Crippen LogP contribution in [0.2, 0.25) is 0 Å². The molecule has 2 atom stereocenters. The summed E-state index contributed by atoms with van der Waals surface area (Å²) >= 11 is 0. The van der Waals surface area contributed by atoms with Gasteiger partial charge in [-0.05, 0) is 30.7 Å². The lowest BCUT2D eigenvalue weighted by Gasteiger charge is -2.21. The third kappa shape index (κ3) is 4.32. The fourth-order valence-corrected chi connectivity index (χ4v) is 2.14. The van der Waals surface area contributed by atoms with Crippen LogP contribution in [-0.2, 0) is 6.18 Å². The second kappa shape index (κ2) is 6.83. The molecule has 2 aromatic rings. The summed E-state index contributed by atoms with van der Waals surface area (Å²) in [5.74, 6) is -0.668. The van der Waals surface area contributed by atoms with Crippen molar-refractivity contribution in [2.24, 2.45) is 0 Å². The number of halogens is 3. The van der Waals surface area contributed by atoms with Crippen molar-refractivity contribution in [3.05, 3.63) is 71.3 Å². The molecule has 2 aromatic carbocycles. The number of amides is 1. The first-order valence-corrected chi connectivity index (χ1v) is 7.00. The lowest BCUT2D eigenvalue weighted by molar-refractivity contribution is -0.137. The summed E-state index contributed by atoms with van der Waals surface area (Å²) in [5, 5.41) is 12.7. The molecule has 0 aliphatic rings. The highest BCUT2D eigenvalue weighted by Crippen LogP contribution is 2.29. The van der Waals surface area contributed by atoms with Gasteiger partial charge in [-0.25, -0.2) is 0 Å². The molecule has 0 bridgehead atoms. The van der Waals surface area contributed by atoms with E-state index < -0.39 is 29.8 Å². The quantitative estimate of drug-likeness (QED) is 0.904. The smallest absolute Gasteiger partial charge is 0.386 e. The van der Waals surface area contributed by atoms with Gasteiger partial charge in [-0.2, -0.15) is 13.2 Å². The molecular formula is C17H16F3NO2. The van der Waals surface area contributed by atoms with Crippen molar-refractivity contribution in [3.8, 4) is 0 Å². The summed E-state index contributed by atoms with van der Waals surface area (Å²) in [5.41, 5.74) is -0.377. The van der Waals surface area contributed by atoms with E-state index in [9.17, 15) is 23.1 Å². The molecular weight excluding hydrogens is 307 g/mol. The minimum Gasteiger partial charge on any atom is -0.386 e. The maximum atomic E-state index is 12.7. The first kappa shape index (κ1) is 17.0. The zero-order chi connectivity index (χ0) is 17.0. The molecule has 0 radical (unpaired) electrons. The molecule has 0 fully saturated rings. The summed E-state index contributed by atoms with van der Waals surface area (Å²) in [6.07, 6.45) is -5.46. The second-order valence-corrected chi connectivity index (χ2v) is 5.20. The third-order valence-electron chi connectivity index (χ3n) is 3.43. The van der Waals surface area contributed by atoms with Crippen LogP contribution in [0, 0.1) is 0 Å². The number of carbonyl (C=O) groups is 1. The normalized spacial score (nSPS) is 14.1. The van der Waals surface area contributed by atoms with Crippen LogP contribution < -0.4 is 5.32 Å². The molecule has 23 heavy (non-hydrogen) atoms. The fourth-order valence-electron chi connectivity index (χ4n) is 2.14. The highest BCUT2D eigenvalue weighted by atomic mass is 19.4. The summed E-state index contributed by atoms with van der Waals surface area (Å²) in [4.78, 5) is 12.1. The lowest BCUT2D eigenvalue weighted by atomic mass is 10.0. The van der Waals surface area contributed by atoms with Gasteiger partial charge in [-0.3, -0.25) is 4.79 Å². The van der Waals surface area contributed by atoms with Crippen molar-refractivity contribution >= 4 is 5.91 Å². The van der Waals surface area contributed by atoms with Crippen molar-refractivity contribution in [2.75, 3.05) is 0 Å². The zero-order valence-electron chi connectivity index (χ0n) is 12.3. The molecule has 0 heterocycles. The van der Waals surface area contributed by atoms with Crippen LogP contribution in [-0.4, -0.2) is 17.1 Å². The molecule has 3 nitrogen and oxygen atoms in total. The summed E-state index contributed by atoms with van der Waals surface area (Å²) in [7, 11) is 0. The predicted molar refractivity (Wildman–Crippen MR) is 79.8 cm³/mol. The molecule has 0 spiro atoms. The Balaban J connectivity index is 2.10. The minimum atomic E-state index is -4.51. The Morgan fingerprint density at radius 3 is 2.35 bits per heavy atom. The highest BCUT2D eigenvalue weighted by molar-refractivity contribution is 5.94. The van der Waals surface area contributed by atoms with Gasteiger partial charge in [0.25, 0.3) is 5.91 Å². The summed E-state index contributed by atoms with van der Waals surface area (Å²) < 4.78 is 38.0. The van der Waals surface area contributed by atoms with E-state index in [4.69, 9.17) is 0 Å². The van der Waals surface area contributed by atoms with Gasteiger partial charge in [-0.15, -0.1) is 0 Å². The summed E-state index contributed by atoms with van der Waals surface area (Å²) in [6, 6.07) is 12.2. The van der Waals surface area contributed by atoms with Crippen LogP contribution in [0.25, 0.3) is 0 Å². The number of alkyl halides is 3. The zero-order valence-corrected chi connectivity index (χ0v) is 12.3. The van der Waals surface area contributed by atoms with Gasteiger partial charge in [0.2, 0.25) is 0 Å². The number of hydrogen-bond acceptors (Lipinski definition) is 2. The second-order valence-electron chi connectivity index (χ2n) is 5.20. The molecule has 0 aromatic heterocycles. The van der Waals surface area contributed by atoms with Gasteiger partial charge in [0.05, 0.1) is 17.7 Å². The number of carbonyl (C=O) groups excluding carboxylic acids is 1.